The zero-order chi connectivity index (χ0) is 23.8. The fourth-order valence-corrected chi connectivity index (χ4v) is 4.26. The second-order valence-electron chi connectivity index (χ2n) is 8.72. The third-order valence-electron chi connectivity index (χ3n) is 6.33. The lowest BCUT2D eigenvalue weighted by molar-refractivity contribution is 0.0779. The van der Waals surface area contributed by atoms with Crippen LogP contribution >= 0.6 is 11.6 Å². The number of piperidine rings is 1. The molecule has 0 aliphatic carbocycles. The molecule has 1 fully saturated rings. The number of anilines is 1. The smallest absolute Gasteiger partial charge is 0.225 e. The first kappa shape index (κ1) is 25.3. The summed E-state index contributed by atoms with van der Waals surface area (Å²) < 4.78 is 5.86. The molecule has 1 saturated heterocycles. The summed E-state index contributed by atoms with van der Waals surface area (Å²) in [7, 11) is 0. The molecule has 3 heterocycles. The molecule has 0 spiro atoms. The summed E-state index contributed by atoms with van der Waals surface area (Å²) in [6.07, 6.45) is 5.92. The first-order valence-electron chi connectivity index (χ1n) is 11.5. The summed E-state index contributed by atoms with van der Waals surface area (Å²) in [5.41, 5.74) is 1.14. The van der Waals surface area contributed by atoms with Crippen molar-refractivity contribution in [2.24, 2.45) is 11.8 Å². The number of rotatable bonds is 11. The molecule has 0 radical (unpaired) electrons. The van der Waals surface area contributed by atoms with E-state index in [-0.39, 0.29) is 25.2 Å². The maximum Gasteiger partial charge on any atom is 0.225 e. The number of carbonyl (C=O) groups is 1. The van der Waals surface area contributed by atoms with Crippen LogP contribution in [-0.4, -0.2) is 63.4 Å². The first-order chi connectivity index (χ1) is 15.9. The number of ketones is 1. The standard InChI is InChI=1S/C24H33ClN4O4/c1-16(18-7-10-29(11-8-18)24-26-13-19(25)14-27-24)9-12-33-23-6-4-21(17(2)28-23)22(32)5-3-20(31)15-30/h4,6,13-14,16,18,20,30-31H,3,5,7-12,15H2,1-2H3/t16-,20+/m1/s1. The van der Waals surface area contributed by atoms with Gasteiger partial charge in [-0.15, -0.1) is 0 Å². The molecule has 0 saturated carbocycles. The molecule has 1 aliphatic rings. The van der Waals surface area contributed by atoms with Crippen LogP contribution in [0, 0.1) is 18.8 Å². The predicted octanol–water partition coefficient (Wildman–Crippen LogP) is 3.47. The Kier molecular flexibility index (Phi) is 9.41. The Hall–Kier alpha value is -2.29. The SMILES string of the molecule is Cc1nc(OCC[C@@H](C)C2CCN(c3ncc(Cl)cn3)CC2)ccc1C(=O)CC[C@H](O)CO. The van der Waals surface area contributed by atoms with Crippen LogP contribution in [-0.2, 0) is 0 Å². The van der Waals surface area contributed by atoms with Crippen molar-refractivity contribution in [1.82, 2.24) is 15.0 Å². The molecule has 8 nitrogen and oxygen atoms in total. The van der Waals surface area contributed by atoms with Crippen molar-refractivity contribution in [1.29, 1.82) is 0 Å². The van der Waals surface area contributed by atoms with Gasteiger partial charge in [-0.25, -0.2) is 15.0 Å². The Labute approximate surface area is 200 Å². The topological polar surface area (TPSA) is 109 Å². The normalized spacial score (nSPS) is 16.5. The van der Waals surface area contributed by atoms with E-state index in [2.05, 4.69) is 26.8 Å². The zero-order valence-electron chi connectivity index (χ0n) is 19.3. The van der Waals surface area contributed by atoms with E-state index < -0.39 is 6.10 Å². The zero-order valence-corrected chi connectivity index (χ0v) is 20.0. The van der Waals surface area contributed by atoms with Crippen molar-refractivity contribution >= 4 is 23.3 Å². The van der Waals surface area contributed by atoms with Crippen LogP contribution in [0.25, 0.3) is 0 Å². The first-order valence-corrected chi connectivity index (χ1v) is 11.9. The van der Waals surface area contributed by atoms with Crippen LogP contribution in [0.15, 0.2) is 24.5 Å². The van der Waals surface area contributed by atoms with Gasteiger partial charge in [0.1, 0.15) is 0 Å². The lowest BCUT2D eigenvalue weighted by Gasteiger charge is -2.34. The average molecular weight is 477 g/mol. The van der Waals surface area contributed by atoms with Crippen molar-refractivity contribution < 1.29 is 19.7 Å². The van der Waals surface area contributed by atoms with Gasteiger partial charge in [0, 0.05) is 31.1 Å². The number of aromatic nitrogens is 3. The van der Waals surface area contributed by atoms with Gasteiger partial charge in [0.05, 0.1) is 42.4 Å². The molecule has 0 aromatic carbocycles. The maximum absolute atomic E-state index is 12.3. The number of ether oxygens (including phenoxy) is 1. The van der Waals surface area contributed by atoms with Gasteiger partial charge >= 0.3 is 0 Å². The Morgan fingerprint density at radius 1 is 1.24 bits per heavy atom. The van der Waals surface area contributed by atoms with Crippen LogP contribution in [0.4, 0.5) is 5.95 Å². The molecule has 2 aromatic heterocycles. The molecule has 0 unspecified atom stereocenters. The van der Waals surface area contributed by atoms with Crippen molar-refractivity contribution in [3.63, 3.8) is 0 Å². The minimum atomic E-state index is -0.871. The molecule has 9 heteroatoms. The Morgan fingerprint density at radius 3 is 2.58 bits per heavy atom. The summed E-state index contributed by atoms with van der Waals surface area (Å²) in [6, 6.07) is 3.45. The van der Waals surface area contributed by atoms with E-state index in [9.17, 15) is 9.90 Å². The quantitative estimate of drug-likeness (QED) is 0.474. The molecule has 1 aliphatic heterocycles. The van der Waals surface area contributed by atoms with Crippen LogP contribution < -0.4 is 9.64 Å². The third kappa shape index (κ3) is 7.35. The summed E-state index contributed by atoms with van der Waals surface area (Å²) in [6.45, 7) is 6.15. The van der Waals surface area contributed by atoms with Gasteiger partial charge in [-0.1, -0.05) is 18.5 Å². The number of Topliss-reactive ketones (excluding diaryl/α,β-unsaturated/α-hetero) is 1. The number of aliphatic hydroxyl groups excluding tert-OH is 2. The maximum atomic E-state index is 12.3. The lowest BCUT2D eigenvalue weighted by Crippen LogP contribution is -2.36. The van der Waals surface area contributed by atoms with Gasteiger partial charge in [0.15, 0.2) is 5.78 Å². The van der Waals surface area contributed by atoms with E-state index >= 15 is 0 Å². The van der Waals surface area contributed by atoms with E-state index in [1.807, 2.05) is 0 Å². The van der Waals surface area contributed by atoms with Crippen molar-refractivity contribution in [3.05, 3.63) is 40.8 Å². The molecular formula is C24H33ClN4O4. The number of hydrogen-bond donors (Lipinski definition) is 2. The van der Waals surface area contributed by atoms with E-state index in [0.717, 1.165) is 38.3 Å². The lowest BCUT2D eigenvalue weighted by atomic mass is 9.84. The fraction of sp³-hybridized carbons (Fsp3) is 0.583. The van der Waals surface area contributed by atoms with Crippen molar-refractivity contribution in [2.45, 2.75) is 52.1 Å². The van der Waals surface area contributed by atoms with Gasteiger partial charge in [0.2, 0.25) is 11.8 Å². The number of hydrogen-bond acceptors (Lipinski definition) is 8. The summed E-state index contributed by atoms with van der Waals surface area (Å²) in [5, 5.41) is 18.9. The van der Waals surface area contributed by atoms with Gasteiger partial charge in [-0.2, -0.15) is 0 Å². The molecule has 2 atom stereocenters. The van der Waals surface area contributed by atoms with E-state index in [4.69, 9.17) is 21.4 Å². The molecule has 180 valence electrons. The monoisotopic (exact) mass is 476 g/mol. The minimum absolute atomic E-state index is 0.0944. The average Bonchev–Trinajstić information content (AvgIpc) is 2.83. The predicted molar refractivity (Wildman–Crippen MR) is 127 cm³/mol. The number of aliphatic hydroxyl groups is 2. The van der Waals surface area contributed by atoms with Crippen molar-refractivity contribution in [3.8, 4) is 5.88 Å². The summed E-state index contributed by atoms with van der Waals surface area (Å²) in [4.78, 5) is 27.6. The molecule has 3 rings (SSSR count). The second kappa shape index (κ2) is 12.3. The van der Waals surface area contributed by atoms with Crippen LogP contribution in [0.1, 0.15) is 55.1 Å². The van der Waals surface area contributed by atoms with Crippen LogP contribution in [0.3, 0.4) is 0 Å². The van der Waals surface area contributed by atoms with Gasteiger partial charge in [0.25, 0.3) is 0 Å². The summed E-state index contributed by atoms with van der Waals surface area (Å²) >= 11 is 5.88. The molecule has 2 N–H and O–H groups in total. The van der Waals surface area contributed by atoms with E-state index in [0.29, 0.717) is 40.6 Å². The highest BCUT2D eigenvalue weighted by atomic mass is 35.5. The summed E-state index contributed by atoms with van der Waals surface area (Å²) in [5.74, 6) is 2.31. The highest BCUT2D eigenvalue weighted by Gasteiger charge is 2.25. The van der Waals surface area contributed by atoms with Gasteiger partial charge < -0.3 is 19.8 Å². The van der Waals surface area contributed by atoms with Gasteiger partial charge in [-0.05, 0) is 50.5 Å². The Bertz CT molecular complexity index is 904. The Morgan fingerprint density at radius 2 is 1.94 bits per heavy atom. The third-order valence-corrected chi connectivity index (χ3v) is 6.53. The van der Waals surface area contributed by atoms with Crippen molar-refractivity contribution in [2.75, 3.05) is 31.2 Å². The molecule has 0 amide bonds. The fourth-order valence-electron chi connectivity index (χ4n) is 4.16. The van der Waals surface area contributed by atoms with Crippen LogP contribution in [0.2, 0.25) is 5.02 Å². The number of aryl methyl sites for hydroxylation is 1. The largest absolute Gasteiger partial charge is 0.478 e. The Balaban J connectivity index is 1.41. The second-order valence-corrected chi connectivity index (χ2v) is 9.16. The number of pyridine rings is 1. The molecule has 2 aromatic rings. The van der Waals surface area contributed by atoms with Crippen LogP contribution in [0.5, 0.6) is 5.88 Å². The van der Waals surface area contributed by atoms with E-state index in [1.54, 1.807) is 31.5 Å². The molecule has 0 bridgehead atoms. The number of carbonyl (C=O) groups excluding carboxylic acids is 1. The highest BCUT2D eigenvalue weighted by Crippen LogP contribution is 2.29. The minimum Gasteiger partial charge on any atom is -0.478 e. The number of halogens is 1. The number of nitrogens with zero attached hydrogens (tertiary/aromatic N) is 4. The van der Waals surface area contributed by atoms with E-state index in [1.165, 1.54) is 0 Å². The molecular weight excluding hydrogens is 444 g/mol. The highest BCUT2D eigenvalue weighted by molar-refractivity contribution is 6.30. The molecule has 33 heavy (non-hydrogen) atoms. The van der Waals surface area contributed by atoms with Gasteiger partial charge in [-0.3, -0.25) is 4.79 Å².